The number of ketones is 1. The molecule has 4 nitrogen and oxygen atoms in total. The van der Waals surface area contributed by atoms with E-state index in [2.05, 4.69) is 0 Å². The predicted molar refractivity (Wildman–Crippen MR) is 114 cm³/mol. The molecule has 3 aromatic rings. The van der Waals surface area contributed by atoms with Crippen LogP contribution in [0.15, 0.2) is 36.5 Å². The van der Waals surface area contributed by atoms with Crippen molar-refractivity contribution < 1.29 is 19.1 Å². The van der Waals surface area contributed by atoms with Gasteiger partial charge in [0.2, 0.25) is 0 Å². The minimum Gasteiger partial charge on any atom is -0.481 e. The Morgan fingerprint density at radius 2 is 1.97 bits per heavy atom. The Morgan fingerprint density at radius 3 is 2.60 bits per heavy atom. The highest BCUT2D eigenvalue weighted by Gasteiger charge is 2.34. The van der Waals surface area contributed by atoms with Crippen LogP contribution in [0.1, 0.15) is 77.7 Å². The number of aliphatic carboxylic acids is 1. The van der Waals surface area contributed by atoms with Gasteiger partial charge in [0.15, 0.2) is 5.78 Å². The van der Waals surface area contributed by atoms with Gasteiger partial charge in [-0.1, -0.05) is 25.4 Å². The average molecular weight is 428 g/mol. The summed E-state index contributed by atoms with van der Waals surface area (Å²) in [7, 11) is 0. The summed E-state index contributed by atoms with van der Waals surface area (Å²) < 4.78 is 16.3. The number of aryl methyl sites for hydroxylation is 1. The molecule has 156 valence electrons. The van der Waals surface area contributed by atoms with Gasteiger partial charge in [-0.15, -0.1) is 0 Å². The number of carbonyl (C=O) groups excluding carboxylic acids is 1. The Hall–Kier alpha value is -2.66. The van der Waals surface area contributed by atoms with Crippen molar-refractivity contribution in [3.8, 4) is 0 Å². The van der Waals surface area contributed by atoms with Gasteiger partial charge in [-0.3, -0.25) is 9.59 Å². The van der Waals surface area contributed by atoms with Crippen LogP contribution in [0.5, 0.6) is 0 Å². The van der Waals surface area contributed by atoms with Crippen molar-refractivity contribution in [2.24, 2.45) is 0 Å². The third-order valence-corrected chi connectivity index (χ3v) is 6.17. The summed E-state index contributed by atoms with van der Waals surface area (Å²) in [4.78, 5) is 25.2. The van der Waals surface area contributed by atoms with E-state index in [-0.39, 0.29) is 29.9 Å². The first-order valence-corrected chi connectivity index (χ1v) is 10.5. The van der Waals surface area contributed by atoms with Crippen LogP contribution in [-0.4, -0.2) is 21.3 Å². The van der Waals surface area contributed by atoms with Crippen LogP contribution >= 0.6 is 11.6 Å². The largest absolute Gasteiger partial charge is 0.481 e. The molecule has 6 heteroatoms. The van der Waals surface area contributed by atoms with Crippen molar-refractivity contribution >= 4 is 28.9 Å². The van der Waals surface area contributed by atoms with Gasteiger partial charge in [-0.2, -0.15) is 0 Å². The number of fused-ring (bicyclic) bond motifs is 3. The Kier molecular flexibility index (Phi) is 5.41. The Morgan fingerprint density at radius 1 is 1.27 bits per heavy atom. The number of nitrogens with zero attached hydrogens (tertiary/aromatic N) is 1. The average Bonchev–Trinajstić information content (AvgIpc) is 3.02. The zero-order chi connectivity index (χ0) is 21.6. The number of aromatic nitrogens is 1. The Balaban J connectivity index is 2.06. The van der Waals surface area contributed by atoms with Crippen molar-refractivity contribution in [2.45, 2.75) is 51.4 Å². The Bertz CT molecular complexity index is 1150. The van der Waals surface area contributed by atoms with E-state index in [4.69, 9.17) is 11.6 Å². The van der Waals surface area contributed by atoms with Crippen molar-refractivity contribution in [2.75, 3.05) is 0 Å². The molecule has 1 aliphatic carbocycles. The van der Waals surface area contributed by atoms with Crippen LogP contribution in [-0.2, 0) is 11.2 Å². The molecule has 0 spiro atoms. The lowest BCUT2D eigenvalue weighted by atomic mass is 9.80. The summed E-state index contributed by atoms with van der Waals surface area (Å²) >= 11 is 5.99. The number of rotatable bonds is 5. The summed E-state index contributed by atoms with van der Waals surface area (Å²) in [6.45, 7) is 3.93. The normalized spacial score (nSPS) is 16.1. The number of carboxylic acid groups (broad SMARTS) is 1. The number of halogens is 2. The molecule has 0 amide bonds. The fraction of sp³-hybridized carbons (Fsp3) is 0.333. The molecule has 1 atom stereocenters. The van der Waals surface area contributed by atoms with Crippen molar-refractivity contribution in [3.05, 3.63) is 75.3 Å². The van der Waals surface area contributed by atoms with Crippen LogP contribution in [0.2, 0.25) is 5.02 Å². The zero-order valence-electron chi connectivity index (χ0n) is 16.9. The van der Waals surface area contributed by atoms with Gasteiger partial charge >= 0.3 is 5.97 Å². The highest BCUT2D eigenvalue weighted by molar-refractivity contribution is 6.30. The van der Waals surface area contributed by atoms with E-state index in [0.717, 1.165) is 23.2 Å². The lowest BCUT2D eigenvalue weighted by Crippen LogP contribution is -2.16. The number of carboxylic acids is 1. The van der Waals surface area contributed by atoms with E-state index in [1.54, 1.807) is 28.7 Å². The van der Waals surface area contributed by atoms with E-state index in [1.165, 1.54) is 12.3 Å². The third kappa shape index (κ3) is 3.52. The molecule has 0 radical (unpaired) electrons. The summed E-state index contributed by atoms with van der Waals surface area (Å²) in [5.74, 6) is -1.73. The van der Waals surface area contributed by atoms with Crippen molar-refractivity contribution in [1.29, 1.82) is 0 Å². The van der Waals surface area contributed by atoms with Gasteiger partial charge in [0.1, 0.15) is 5.82 Å². The van der Waals surface area contributed by atoms with E-state index in [9.17, 15) is 19.1 Å². The minimum atomic E-state index is -0.900. The summed E-state index contributed by atoms with van der Waals surface area (Å²) in [5.41, 5.74) is 4.03. The first-order chi connectivity index (χ1) is 14.3. The molecule has 2 aromatic heterocycles. The monoisotopic (exact) mass is 427 g/mol. The lowest BCUT2D eigenvalue weighted by molar-refractivity contribution is -0.137. The van der Waals surface area contributed by atoms with Gasteiger partial charge in [0.25, 0.3) is 0 Å². The lowest BCUT2D eigenvalue weighted by Gasteiger charge is -2.23. The third-order valence-electron chi connectivity index (χ3n) is 5.92. The first kappa shape index (κ1) is 20.6. The molecule has 1 aromatic carbocycles. The zero-order valence-corrected chi connectivity index (χ0v) is 17.7. The summed E-state index contributed by atoms with van der Waals surface area (Å²) in [5, 5.41) is 10.00. The molecule has 0 fully saturated rings. The molecule has 0 aliphatic heterocycles. The van der Waals surface area contributed by atoms with E-state index >= 15 is 0 Å². The molecule has 0 bridgehead atoms. The second kappa shape index (κ2) is 7.88. The number of pyridine rings is 1. The molecule has 30 heavy (non-hydrogen) atoms. The van der Waals surface area contributed by atoms with Gasteiger partial charge in [-0.05, 0) is 72.6 Å². The summed E-state index contributed by atoms with van der Waals surface area (Å²) in [6.07, 6.45) is 3.54. The molecule has 1 N–H and O–H groups in total. The molecule has 1 unspecified atom stereocenters. The first-order valence-electron chi connectivity index (χ1n) is 10.2. The molecular weight excluding hydrogens is 405 g/mol. The minimum absolute atomic E-state index is 0.00533. The fourth-order valence-electron chi connectivity index (χ4n) is 4.65. The van der Waals surface area contributed by atoms with Crippen LogP contribution in [0.25, 0.3) is 5.52 Å². The number of hydrogen-bond acceptors (Lipinski definition) is 2. The smallest absolute Gasteiger partial charge is 0.303 e. The highest BCUT2D eigenvalue weighted by Crippen LogP contribution is 2.42. The maximum absolute atomic E-state index is 14.5. The molecule has 0 saturated heterocycles. The molecule has 1 aliphatic rings. The van der Waals surface area contributed by atoms with Crippen LogP contribution in [0, 0.1) is 5.82 Å². The standard InChI is InChI=1S/C24H23ClFNO3/c1-13(2)18-11-17(26)12-27-19-5-3-4-15(10-20(28)29)21(19)22(23(18)27)24(30)14-6-8-16(25)9-7-14/h6-9,11-13,15H,3-5,10H2,1-2H3,(H,28,29). The molecular formula is C24H23ClFNO3. The van der Waals surface area contributed by atoms with E-state index in [1.807, 2.05) is 13.8 Å². The number of carbonyl (C=O) groups is 2. The molecule has 4 rings (SSSR count). The maximum Gasteiger partial charge on any atom is 0.303 e. The SMILES string of the molecule is CC(C)c1cc(F)cn2c3c(c(C(=O)c4ccc(Cl)cc4)c12)C(CC(=O)O)CCC3. The van der Waals surface area contributed by atoms with Gasteiger partial charge in [-0.25, -0.2) is 4.39 Å². The maximum atomic E-state index is 14.5. The van der Waals surface area contributed by atoms with E-state index < -0.39 is 5.97 Å². The Labute approximate surface area is 179 Å². The highest BCUT2D eigenvalue weighted by atomic mass is 35.5. The van der Waals surface area contributed by atoms with Crippen molar-refractivity contribution in [3.63, 3.8) is 0 Å². The second-order valence-corrected chi connectivity index (χ2v) is 8.68. The number of benzene rings is 1. The van der Waals surface area contributed by atoms with Gasteiger partial charge in [0.05, 0.1) is 17.5 Å². The second-order valence-electron chi connectivity index (χ2n) is 8.25. The topological polar surface area (TPSA) is 58.8 Å². The van der Waals surface area contributed by atoms with Crippen LogP contribution < -0.4 is 0 Å². The van der Waals surface area contributed by atoms with Gasteiger partial charge < -0.3 is 9.51 Å². The summed E-state index contributed by atoms with van der Waals surface area (Å²) in [6, 6.07) is 8.16. The number of hydrogen-bond donors (Lipinski definition) is 1. The molecule has 0 saturated carbocycles. The fourth-order valence-corrected chi connectivity index (χ4v) is 4.77. The quantitative estimate of drug-likeness (QED) is 0.509. The molecule has 2 heterocycles. The van der Waals surface area contributed by atoms with Crippen molar-refractivity contribution in [1.82, 2.24) is 4.40 Å². The van der Waals surface area contributed by atoms with Gasteiger partial charge in [0, 0.05) is 22.5 Å². The van der Waals surface area contributed by atoms with E-state index in [0.29, 0.717) is 34.5 Å². The van der Waals surface area contributed by atoms with Crippen LogP contribution in [0.4, 0.5) is 4.39 Å². The van der Waals surface area contributed by atoms with Crippen LogP contribution in [0.3, 0.4) is 0 Å². The predicted octanol–water partition coefficient (Wildman–Crippen LogP) is 5.98.